The molecule has 0 aliphatic heterocycles. The number of hydrogen-bond donors (Lipinski definition) is 1. The van der Waals surface area contributed by atoms with Crippen LogP contribution in [0, 0.1) is 13.8 Å². The Morgan fingerprint density at radius 3 is 2.54 bits per heavy atom. The second-order valence-electron chi connectivity index (χ2n) is 6.13. The number of nitrogens with zero attached hydrogens (tertiary/aromatic N) is 3. The molecule has 0 saturated carbocycles. The first-order valence-corrected chi connectivity index (χ1v) is 8.60. The summed E-state index contributed by atoms with van der Waals surface area (Å²) in [6.07, 6.45) is 1.85. The van der Waals surface area contributed by atoms with E-state index in [1.54, 1.807) is 0 Å². The molecule has 0 spiro atoms. The maximum absolute atomic E-state index is 12.2. The highest BCUT2D eigenvalue weighted by Crippen LogP contribution is 2.21. The van der Waals surface area contributed by atoms with E-state index in [1.807, 2.05) is 36.9 Å². The third kappa shape index (κ3) is 4.03. The molecule has 1 heterocycles. The number of amides is 1. The summed E-state index contributed by atoms with van der Waals surface area (Å²) in [5.41, 5.74) is 4.35. The van der Waals surface area contributed by atoms with E-state index in [0.29, 0.717) is 6.54 Å². The van der Waals surface area contributed by atoms with Gasteiger partial charge in [-0.3, -0.25) is 9.69 Å². The quantitative estimate of drug-likeness (QED) is 0.850. The van der Waals surface area contributed by atoms with Crippen molar-refractivity contribution < 1.29 is 4.79 Å². The molecule has 5 heteroatoms. The van der Waals surface area contributed by atoms with Crippen molar-refractivity contribution in [3.63, 3.8) is 0 Å². The van der Waals surface area contributed by atoms with E-state index >= 15 is 0 Å². The summed E-state index contributed by atoms with van der Waals surface area (Å²) >= 11 is 0. The average Bonchev–Trinajstić information content (AvgIpc) is 2.94. The molecule has 0 fully saturated rings. The van der Waals surface area contributed by atoms with Gasteiger partial charge in [-0.15, -0.1) is 0 Å². The van der Waals surface area contributed by atoms with Crippen LogP contribution in [0.1, 0.15) is 43.6 Å². The standard InChI is InChI=1S/C19H28N4O/c1-6-22(7-2)13-19(24)21-15(4)17-12-20-23(16(17)5)18-11-9-8-10-14(18)3/h8-12,15H,6-7,13H2,1-5H3,(H,21,24)/t15-/m0/s1. The molecule has 1 aromatic heterocycles. The topological polar surface area (TPSA) is 50.2 Å². The van der Waals surface area contributed by atoms with Crippen molar-refractivity contribution in [2.45, 2.75) is 40.7 Å². The number of carbonyl (C=O) groups is 1. The average molecular weight is 328 g/mol. The number of para-hydroxylation sites is 1. The van der Waals surface area contributed by atoms with E-state index in [9.17, 15) is 4.79 Å². The lowest BCUT2D eigenvalue weighted by Gasteiger charge is -2.20. The first-order chi connectivity index (χ1) is 11.5. The van der Waals surface area contributed by atoms with Gasteiger partial charge in [0.05, 0.1) is 24.5 Å². The summed E-state index contributed by atoms with van der Waals surface area (Å²) in [7, 11) is 0. The first kappa shape index (κ1) is 18.2. The molecule has 0 radical (unpaired) electrons. The zero-order valence-corrected chi connectivity index (χ0v) is 15.3. The Morgan fingerprint density at radius 2 is 1.92 bits per heavy atom. The molecule has 5 nitrogen and oxygen atoms in total. The predicted molar refractivity (Wildman–Crippen MR) is 97.4 cm³/mol. The lowest BCUT2D eigenvalue weighted by atomic mass is 10.1. The molecule has 0 saturated heterocycles. The smallest absolute Gasteiger partial charge is 0.234 e. The monoisotopic (exact) mass is 328 g/mol. The Bertz CT molecular complexity index is 688. The van der Waals surface area contributed by atoms with Gasteiger partial charge >= 0.3 is 0 Å². The molecule has 0 aliphatic rings. The van der Waals surface area contributed by atoms with E-state index < -0.39 is 0 Å². The van der Waals surface area contributed by atoms with E-state index in [1.165, 1.54) is 5.56 Å². The van der Waals surface area contributed by atoms with Crippen LogP contribution in [0.2, 0.25) is 0 Å². The molecule has 130 valence electrons. The highest BCUT2D eigenvalue weighted by Gasteiger charge is 2.17. The molecule has 2 rings (SSSR count). The maximum Gasteiger partial charge on any atom is 0.234 e. The number of likely N-dealkylation sites (N-methyl/N-ethyl adjacent to an activating group) is 1. The van der Waals surface area contributed by atoms with Gasteiger partial charge in [0.2, 0.25) is 5.91 Å². The minimum atomic E-state index is -0.0640. The normalized spacial score (nSPS) is 12.4. The second-order valence-corrected chi connectivity index (χ2v) is 6.13. The molecule has 2 aromatic rings. The summed E-state index contributed by atoms with van der Waals surface area (Å²) in [5, 5.41) is 7.60. The molecule has 1 N–H and O–H groups in total. The number of hydrogen-bond acceptors (Lipinski definition) is 3. The van der Waals surface area contributed by atoms with Crippen molar-refractivity contribution in [2.24, 2.45) is 0 Å². The third-order valence-electron chi connectivity index (χ3n) is 4.50. The second kappa shape index (κ2) is 8.11. The molecule has 0 bridgehead atoms. The molecule has 0 unspecified atom stereocenters. The fourth-order valence-corrected chi connectivity index (χ4v) is 2.91. The van der Waals surface area contributed by atoms with Gasteiger partial charge in [-0.2, -0.15) is 5.10 Å². The van der Waals surface area contributed by atoms with Gasteiger partial charge in [-0.05, 0) is 45.5 Å². The van der Waals surface area contributed by atoms with Crippen molar-refractivity contribution in [2.75, 3.05) is 19.6 Å². The van der Waals surface area contributed by atoms with Crippen LogP contribution in [0.15, 0.2) is 30.5 Å². The molecule has 1 amide bonds. The Labute approximate surface area is 144 Å². The zero-order chi connectivity index (χ0) is 17.7. The number of rotatable bonds is 7. The molecular weight excluding hydrogens is 300 g/mol. The van der Waals surface area contributed by atoms with Gasteiger partial charge in [0.15, 0.2) is 0 Å². The maximum atomic E-state index is 12.2. The highest BCUT2D eigenvalue weighted by atomic mass is 16.2. The van der Waals surface area contributed by atoms with Crippen LogP contribution in [0.25, 0.3) is 5.69 Å². The van der Waals surface area contributed by atoms with Crippen molar-refractivity contribution in [3.8, 4) is 5.69 Å². The van der Waals surface area contributed by atoms with Crippen molar-refractivity contribution in [1.29, 1.82) is 0 Å². The molecular formula is C19H28N4O. The van der Waals surface area contributed by atoms with Gasteiger partial charge < -0.3 is 5.32 Å². The van der Waals surface area contributed by atoms with Crippen molar-refractivity contribution in [1.82, 2.24) is 20.0 Å². The van der Waals surface area contributed by atoms with Crippen molar-refractivity contribution in [3.05, 3.63) is 47.3 Å². The van der Waals surface area contributed by atoms with Gasteiger partial charge in [-0.25, -0.2) is 4.68 Å². The Hall–Kier alpha value is -2.14. The van der Waals surface area contributed by atoms with E-state index in [-0.39, 0.29) is 11.9 Å². The number of aromatic nitrogens is 2. The minimum Gasteiger partial charge on any atom is -0.348 e. The van der Waals surface area contributed by atoms with E-state index in [2.05, 4.69) is 48.2 Å². The summed E-state index contributed by atoms with van der Waals surface area (Å²) in [6, 6.07) is 8.10. The number of benzene rings is 1. The third-order valence-corrected chi connectivity index (χ3v) is 4.50. The number of aryl methyl sites for hydroxylation is 1. The van der Waals surface area contributed by atoms with Crippen molar-refractivity contribution >= 4 is 5.91 Å². The SMILES string of the molecule is CCN(CC)CC(=O)N[C@@H](C)c1cnn(-c2ccccc2C)c1C. The molecule has 24 heavy (non-hydrogen) atoms. The molecule has 1 aromatic carbocycles. The number of carbonyl (C=O) groups excluding carboxylic acids is 1. The van der Waals surface area contributed by atoms with Gasteiger partial charge in [0.25, 0.3) is 0 Å². The van der Waals surface area contributed by atoms with Gasteiger partial charge in [0.1, 0.15) is 0 Å². The van der Waals surface area contributed by atoms with Crippen LogP contribution in [0.3, 0.4) is 0 Å². The van der Waals surface area contributed by atoms with Crippen LogP contribution in [-0.4, -0.2) is 40.2 Å². The van der Waals surface area contributed by atoms with Crippen LogP contribution in [-0.2, 0) is 4.79 Å². The van der Waals surface area contributed by atoms with Gasteiger partial charge in [0, 0.05) is 11.3 Å². The zero-order valence-electron chi connectivity index (χ0n) is 15.3. The predicted octanol–water partition coefficient (Wildman–Crippen LogP) is 3.01. The fourth-order valence-electron chi connectivity index (χ4n) is 2.91. The Kier molecular flexibility index (Phi) is 6.15. The largest absolute Gasteiger partial charge is 0.348 e. The molecule has 1 atom stereocenters. The minimum absolute atomic E-state index is 0.0502. The summed E-state index contributed by atoms with van der Waals surface area (Å²) in [5.74, 6) is 0.0502. The van der Waals surface area contributed by atoms with Gasteiger partial charge in [-0.1, -0.05) is 32.0 Å². The van der Waals surface area contributed by atoms with Crippen LogP contribution in [0.4, 0.5) is 0 Å². The summed E-state index contributed by atoms with van der Waals surface area (Å²) in [4.78, 5) is 14.3. The van der Waals surface area contributed by atoms with Crippen LogP contribution >= 0.6 is 0 Å². The van der Waals surface area contributed by atoms with Crippen LogP contribution in [0.5, 0.6) is 0 Å². The lowest BCUT2D eigenvalue weighted by molar-refractivity contribution is -0.122. The summed E-state index contributed by atoms with van der Waals surface area (Å²) < 4.78 is 1.94. The number of nitrogens with one attached hydrogen (secondary N) is 1. The van der Waals surface area contributed by atoms with E-state index in [0.717, 1.165) is 30.0 Å². The fraction of sp³-hybridized carbons (Fsp3) is 0.474. The lowest BCUT2D eigenvalue weighted by Crippen LogP contribution is -2.38. The highest BCUT2D eigenvalue weighted by molar-refractivity contribution is 5.78. The molecule has 0 aliphatic carbocycles. The summed E-state index contributed by atoms with van der Waals surface area (Å²) in [6.45, 7) is 12.4. The Morgan fingerprint density at radius 1 is 1.25 bits per heavy atom. The Balaban J connectivity index is 2.13. The van der Waals surface area contributed by atoms with Crippen LogP contribution < -0.4 is 5.32 Å². The van der Waals surface area contributed by atoms with E-state index in [4.69, 9.17) is 0 Å². The first-order valence-electron chi connectivity index (χ1n) is 8.60.